The van der Waals surface area contributed by atoms with Crippen molar-refractivity contribution in [3.05, 3.63) is 24.3 Å². The largest absolute Gasteiger partial charge is 0.472 e. The average Bonchev–Trinajstić information content (AvgIpc) is 1.24. The molecule has 0 spiro atoms. The third-order valence-electron chi connectivity index (χ3n) is 19.2. The fourth-order valence-electron chi connectivity index (χ4n) is 12.6. The maximum atomic E-state index is 13.1. The smallest absolute Gasteiger partial charge is 0.462 e. The molecule has 0 saturated carbocycles. The lowest BCUT2D eigenvalue weighted by Crippen LogP contribution is -2.30. The Hall–Kier alpha value is -2.46. The van der Waals surface area contributed by atoms with Gasteiger partial charge in [0.2, 0.25) is 0 Å². The van der Waals surface area contributed by atoms with Gasteiger partial charge in [0.1, 0.15) is 19.3 Å². The van der Waals surface area contributed by atoms with Gasteiger partial charge >= 0.3 is 39.5 Å². The number of carbonyl (C=O) groups is 4. The number of allylic oxidation sites excluding steroid dienone is 4. The summed E-state index contributed by atoms with van der Waals surface area (Å²) in [5.41, 5.74) is 0. The summed E-state index contributed by atoms with van der Waals surface area (Å²) in [7, 11) is -9.93. The first-order valence-electron chi connectivity index (χ1n) is 43.0. The molecule has 0 rings (SSSR count). The van der Waals surface area contributed by atoms with E-state index in [1.54, 1.807) is 0 Å². The van der Waals surface area contributed by atoms with Gasteiger partial charge in [-0.1, -0.05) is 374 Å². The van der Waals surface area contributed by atoms with E-state index in [0.29, 0.717) is 25.7 Å². The normalized spacial score (nSPS) is 14.0. The van der Waals surface area contributed by atoms with Crippen molar-refractivity contribution in [1.29, 1.82) is 0 Å². The molecule has 0 aromatic carbocycles. The van der Waals surface area contributed by atoms with Crippen molar-refractivity contribution in [2.24, 2.45) is 5.92 Å². The van der Waals surface area contributed by atoms with Crippen LogP contribution in [0.4, 0.5) is 0 Å². The summed E-state index contributed by atoms with van der Waals surface area (Å²) in [4.78, 5) is 73.1. The number of aliphatic hydroxyl groups excluding tert-OH is 1. The van der Waals surface area contributed by atoms with E-state index < -0.39 is 97.5 Å². The highest BCUT2D eigenvalue weighted by molar-refractivity contribution is 7.47. The minimum Gasteiger partial charge on any atom is -0.462 e. The zero-order valence-electron chi connectivity index (χ0n) is 66.9. The molecular formula is C84H160O17P2. The Labute approximate surface area is 631 Å². The van der Waals surface area contributed by atoms with Crippen LogP contribution in [0, 0.1) is 5.92 Å². The lowest BCUT2D eigenvalue weighted by atomic mass is 10.0. The fourth-order valence-corrected chi connectivity index (χ4v) is 14.2. The minimum absolute atomic E-state index is 0.102. The first kappa shape index (κ1) is 101. The SMILES string of the molecule is CCCCCC/C=C\C=C/CCCCCCCC(=O)OC[C@H](COP(=O)(O)OC[C@@H](O)COP(=O)(O)OC[C@@H](COC(=O)CCCCCCCCCCCCCC)OC(=O)CCCCCCCCCCCCCCCCC)OC(=O)CCCCCCCCCCCCCCCCCCCCC(C)C. The summed E-state index contributed by atoms with van der Waals surface area (Å²) in [6.07, 6.45) is 71.5. The van der Waals surface area contributed by atoms with Crippen LogP contribution in [0.3, 0.4) is 0 Å². The van der Waals surface area contributed by atoms with E-state index >= 15 is 0 Å². The molecule has 103 heavy (non-hydrogen) atoms. The molecule has 0 radical (unpaired) electrons. The zero-order chi connectivity index (χ0) is 75.5. The molecular weight excluding hydrogens is 1340 g/mol. The molecule has 19 heteroatoms. The summed E-state index contributed by atoms with van der Waals surface area (Å²) in [6.45, 7) is 7.32. The third-order valence-corrected chi connectivity index (χ3v) is 21.1. The molecule has 5 atom stereocenters. The average molecular weight is 1500 g/mol. The molecule has 0 saturated heterocycles. The number of hydrogen-bond donors (Lipinski definition) is 3. The van der Waals surface area contributed by atoms with Gasteiger partial charge in [0.05, 0.1) is 26.4 Å². The van der Waals surface area contributed by atoms with Crippen molar-refractivity contribution < 1.29 is 80.2 Å². The van der Waals surface area contributed by atoms with Crippen LogP contribution in [0.25, 0.3) is 0 Å². The first-order valence-corrected chi connectivity index (χ1v) is 45.9. The maximum Gasteiger partial charge on any atom is 0.472 e. The first-order chi connectivity index (χ1) is 50.0. The predicted octanol–water partition coefficient (Wildman–Crippen LogP) is 25.1. The number of carbonyl (C=O) groups excluding carboxylic acids is 4. The van der Waals surface area contributed by atoms with E-state index in [2.05, 4.69) is 58.9 Å². The number of esters is 4. The van der Waals surface area contributed by atoms with E-state index in [1.165, 1.54) is 231 Å². The number of hydrogen-bond acceptors (Lipinski definition) is 15. The van der Waals surface area contributed by atoms with E-state index in [0.717, 1.165) is 115 Å². The lowest BCUT2D eigenvalue weighted by molar-refractivity contribution is -0.161. The molecule has 608 valence electrons. The second-order valence-electron chi connectivity index (χ2n) is 30.0. The topological polar surface area (TPSA) is 237 Å². The Morgan fingerprint density at radius 2 is 0.524 bits per heavy atom. The Morgan fingerprint density at radius 1 is 0.301 bits per heavy atom. The molecule has 2 unspecified atom stereocenters. The molecule has 17 nitrogen and oxygen atoms in total. The van der Waals surface area contributed by atoms with Crippen LogP contribution >= 0.6 is 15.6 Å². The highest BCUT2D eigenvalue weighted by atomic mass is 31.2. The van der Waals surface area contributed by atoms with Gasteiger partial charge in [0.25, 0.3) is 0 Å². The fraction of sp³-hybridized carbons (Fsp3) is 0.905. The van der Waals surface area contributed by atoms with Gasteiger partial charge < -0.3 is 33.8 Å². The number of ether oxygens (including phenoxy) is 4. The molecule has 0 aliphatic carbocycles. The maximum absolute atomic E-state index is 13.1. The van der Waals surface area contributed by atoms with Crippen molar-refractivity contribution >= 4 is 39.5 Å². The predicted molar refractivity (Wildman–Crippen MR) is 423 cm³/mol. The number of aliphatic hydroxyl groups is 1. The van der Waals surface area contributed by atoms with Gasteiger partial charge in [-0.2, -0.15) is 0 Å². The van der Waals surface area contributed by atoms with E-state index in [4.69, 9.17) is 37.0 Å². The summed E-state index contributed by atoms with van der Waals surface area (Å²) < 4.78 is 68.8. The van der Waals surface area contributed by atoms with Gasteiger partial charge in [-0.05, 0) is 57.3 Å². The van der Waals surface area contributed by atoms with Crippen LogP contribution in [-0.4, -0.2) is 96.7 Å². The lowest BCUT2D eigenvalue weighted by Gasteiger charge is -2.21. The molecule has 0 aliphatic heterocycles. The second-order valence-corrected chi connectivity index (χ2v) is 32.9. The number of unbranched alkanes of at least 4 members (excludes halogenated alkanes) is 51. The van der Waals surface area contributed by atoms with Gasteiger partial charge in [-0.3, -0.25) is 37.3 Å². The Bertz CT molecular complexity index is 2060. The summed E-state index contributed by atoms with van der Waals surface area (Å²) in [5, 5.41) is 10.7. The van der Waals surface area contributed by atoms with E-state index in [1.807, 2.05) is 0 Å². The molecule has 0 aromatic heterocycles. The van der Waals surface area contributed by atoms with Crippen LogP contribution in [0.5, 0.6) is 0 Å². The number of phosphoric acid groups is 2. The van der Waals surface area contributed by atoms with Crippen LogP contribution in [0.1, 0.15) is 426 Å². The van der Waals surface area contributed by atoms with E-state index in [-0.39, 0.29) is 25.7 Å². The van der Waals surface area contributed by atoms with Crippen LogP contribution in [0.2, 0.25) is 0 Å². The minimum atomic E-state index is -4.97. The van der Waals surface area contributed by atoms with Crippen molar-refractivity contribution in [3.63, 3.8) is 0 Å². The van der Waals surface area contributed by atoms with Crippen LogP contribution < -0.4 is 0 Å². The Morgan fingerprint density at radius 3 is 0.796 bits per heavy atom. The van der Waals surface area contributed by atoms with Gasteiger partial charge in [0.15, 0.2) is 12.2 Å². The highest BCUT2D eigenvalue weighted by Gasteiger charge is 2.30. The van der Waals surface area contributed by atoms with Gasteiger partial charge in [0, 0.05) is 25.7 Å². The standard InChI is InChI=1S/C84H160O17P2/c1-6-9-12-15-18-21-24-27-33-38-43-48-53-58-63-68-82(87)95-74-80(101-84(89)70-65-60-55-50-45-40-36-32-30-29-31-35-37-41-46-51-56-61-66-77(4)5)76-99-103(92,93)97-72-78(85)71-96-102(90,91)98-75-79(73-94-81(86)67-62-57-52-47-42-26-23-20-17-14-11-8-3)100-83(88)69-64-59-54-49-44-39-34-28-25-22-19-16-13-10-7-2/h21,24,27,33,77-80,85H,6-20,22-23,25-26,28-32,34-76H2,1-5H3,(H,90,91)(H,92,93)/b24-21-,33-27-/t78-,79+,80+/m0/s1. The molecule has 0 bridgehead atoms. The molecule has 0 amide bonds. The van der Waals surface area contributed by atoms with Crippen molar-refractivity contribution in [3.8, 4) is 0 Å². The quantitative estimate of drug-likeness (QED) is 0.0169. The van der Waals surface area contributed by atoms with Crippen molar-refractivity contribution in [2.75, 3.05) is 39.6 Å². The van der Waals surface area contributed by atoms with Crippen molar-refractivity contribution in [1.82, 2.24) is 0 Å². The second kappa shape index (κ2) is 76.3. The number of rotatable bonds is 82. The molecule has 0 aliphatic rings. The molecule has 0 aromatic rings. The molecule has 0 fully saturated rings. The van der Waals surface area contributed by atoms with Gasteiger partial charge in [-0.15, -0.1) is 0 Å². The summed E-state index contributed by atoms with van der Waals surface area (Å²) >= 11 is 0. The van der Waals surface area contributed by atoms with Crippen LogP contribution in [-0.2, 0) is 65.4 Å². The summed E-state index contributed by atoms with van der Waals surface area (Å²) in [6, 6.07) is 0. The van der Waals surface area contributed by atoms with Crippen molar-refractivity contribution in [2.45, 2.75) is 445 Å². The van der Waals surface area contributed by atoms with Gasteiger partial charge in [-0.25, -0.2) is 9.13 Å². The molecule has 0 heterocycles. The monoisotopic (exact) mass is 1500 g/mol. The Balaban J connectivity index is 5.27. The molecule has 3 N–H and O–H groups in total. The zero-order valence-corrected chi connectivity index (χ0v) is 68.7. The summed E-state index contributed by atoms with van der Waals surface area (Å²) in [5.74, 6) is -1.31. The van der Waals surface area contributed by atoms with E-state index in [9.17, 15) is 43.2 Å². The number of phosphoric ester groups is 2. The van der Waals surface area contributed by atoms with Crippen LogP contribution in [0.15, 0.2) is 24.3 Å². The third kappa shape index (κ3) is 77.5. The highest BCUT2D eigenvalue weighted by Crippen LogP contribution is 2.45. The Kier molecular flexibility index (Phi) is 74.5.